The van der Waals surface area contributed by atoms with Crippen LogP contribution in [-0.4, -0.2) is 28.0 Å². The minimum Gasteiger partial charge on any atom is -0.332 e. The summed E-state index contributed by atoms with van der Waals surface area (Å²) in [4.78, 5) is 0.540. The molecule has 0 unspecified atom stereocenters. The van der Waals surface area contributed by atoms with Gasteiger partial charge in [0, 0.05) is 22.7 Å². The fourth-order valence-corrected chi connectivity index (χ4v) is 3.36. The number of halogens is 2. The molecule has 1 aliphatic rings. The summed E-state index contributed by atoms with van der Waals surface area (Å²) < 4.78 is 24.6. The van der Waals surface area contributed by atoms with Gasteiger partial charge in [-0.05, 0) is 63.2 Å². The van der Waals surface area contributed by atoms with Gasteiger partial charge < -0.3 is 5.32 Å². The summed E-state index contributed by atoms with van der Waals surface area (Å²) in [5.74, 6) is -2.40. The van der Waals surface area contributed by atoms with Gasteiger partial charge in [-0.25, -0.2) is 5.01 Å². The fraction of sp³-hybridized carbons (Fsp3) is 0.533. The Hall–Kier alpha value is -0.920. The highest BCUT2D eigenvalue weighted by Crippen LogP contribution is 2.26. The zero-order valence-corrected chi connectivity index (χ0v) is 14.3. The van der Waals surface area contributed by atoms with Crippen molar-refractivity contribution in [2.45, 2.75) is 55.8 Å². The van der Waals surface area contributed by atoms with Gasteiger partial charge in [0.2, 0.25) is 0 Å². The smallest absolute Gasteiger partial charge is 0.288 e. The van der Waals surface area contributed by atoms with E-state index in [9.17, 15) is 8.78 Å². The Morgan fingerprint density at radius 2 is 1.82 bits per heavy atom. The van der Waals surface area contributed by atoms with Crippen LogP contribution in [0, 0.1) is 0 Å². The summed E-state index contributed by atoms with van der Waals surface area (Å²) in [5.41, 5.74) is 4.03. The van der Waals surface area contributed by atoms with Crippen LogP contribution >= 0.6 is 24.0 Å². The molecule has 2 N–H and O–H groups in total. The highest BCUT2D eigenvalue weighted by Gasteiger charge is 2.25. The third-order valence-corrected chi connectivity index (χ3v) is 4.68. The lowest BCUT2D eigenvalue weighted by Crippen LogP contribution is -2.55. The van der Waals surface area contributed by atoms with Crippen LogP contribution in [0.15, 0.2) is 29.2 Å². The summed E-state index contributed by atoms with van der Waals surface area (Å²) in [5, 5.41) is 5.80. The molecule has 0 spiro atoms. The molecule has 1 heterocycles. The van der Waals surface area contributed by atoms with Crippen LogP contribution in [0.2, 0.25) is 0 Å². The van der Waals surface area contributed by atoms with Crippen molar-refractivity contribution >= 4 is 34.8 Å². The van der Waals surface area contributed by atoms with Crippen molar-refractivity contribution in [3.8, 4) is 0 Å². The number of hydrogen-bond acceptors (Lipinski definition) is 3. The van der Waals surface area contributed by atoms with Gasteiger partial charge in [0.1, 0.15) is 0 Å². The normalized spacial score (nSPS) is 22.6. The monoisotopic (exact) mass is 345 g/mol. The second kappa shape index (κ2) is 8.08. The SMILES string of the molecule is C[C@H]1CCC[C@H](C)N1NC(=S)Nc1ccc(SC(F)F)cc1. The first-order valence-electron chi connectivity index (χ1n) is 7.36. The maximum atomic E-state index is 12.3. The number of thioether (sulfide) groups is 1. The number of piperidine rings is 1. The fourth-order valence-electron chi connectivity index (χ4n) is 2.64. The van der Waals surface area contributed by atoms with Crippen molar-refractivity contribution in [1.82, 2.24) is 10.4 Å². The van der Waals surface area contributed by atoms with Crippen molar-refractivity contribution < 1.29 is 8.78 Å². The van der Waals surface area contributed by atoms with E-state index in [1.165, 1.54) is 6.42 Å². The van der Waals surface area contributed by atoms with Gasteiger partial charge in [0.25, 0.3) is 5.76 Å². The molecule has 0 aliphatic carbocycles. The van der Waals surface area contributed by atoms with E-state index in [1.807, 2.05) is 0 Å². The first kappa shape index (κ1) is 17.4. The van der Waals surface area contributed by atoms with Gasteiger partial charge in [0.05, 0.1) is 0 Å². The Bertz CT molecular complexity index is 486. The van der Waals surface area contributed by atoms with Crippen LogP contribution in [0.5, 0.6) is 0 Å². The number of alkyl halides is 2. The highest BCUT2D eigenvalue weighted by molar-refractivity contribution is 7.99. The first-order chi connectivity index (χ1) is 10.5. The Morgan fingerprint density at radius 1 is 1.23 bits per heavy atom. The molecule has 0 radical (unpaired) electrons. The maximum Gasteiger partial charge on any atom is 0.288 e. The molecule has 22 heavy (non-hydrogen) atoms. The third-order valence-electron chi connectivity index (χ3n) is 3.76. The molecule has 1 saturated heterocycles. The number of anilines is 1. The summed E-state index contributed by atoms with van der Waals surface area (Å²) >= 11 is 5.87. The molecule has 3 nitrogen and oxygen atoms in total. The second-order valence-corrected chi connectivity index (χ2v) is 6.98. The van der Waals surface area contributed by atoms with E-state index in [4.69, 9.17) is 12.2 Å². The number of hydrogen-bond donors (Lipinski definition) is 2. The third kappa shape index (κ3) is 5.07. The molecule has 1 fully saturated rings. The first-order valence-corrected chi connectivity index (χ1v) is 8.65. The molecule has 0 bridgehead atoms. The van der Waals surface area contributed by atoms with E-state index in [2.05, 4.69) is 29.6 Å². The molecule has 1 aromatic carbocycles. The van der Waals surface area contributed by atoms with Crippen LogP contribution in [0.1, 0.15) is 33.1 Å². The molecule has 122 valence electrons. The van der Waals surface area contributed by atoms with Crippen LogP contribution < -0.4 is 10.7 Å². The van der Waals surface area contributed by atoms with E-state index in [-0.39, 0.29) is 0 Å². The molecule has 2 atom stereocenters. The van der Waals surface area contributed by atoms with Crippen molar-refractivity contribution in [1.29, 1.82) is 0 Å². The molecule has 0 amide bonds. The van der Waals surface area contributed by atoms with Gasteiger partial charge in [0.15, 0.2) is 5.11 Å². The average molecular weight is 345 g/mol. The van der Waals surface area contributed by atoms with Crippen molar-refractivity contribution in [2.75, 3.05) is 5.32 Å². The molecule has 0 aromatic heterocycles. The molecule has 1 aromatic rings. The second-order valence-electron chi connectivity index (χ2n) is 5.51. The molecule has 7 heteroatoms. The number of rotatable bonds is 4. The highest BCUT2D eigenvalue weighted by atomic mass is 32.2. The van der Waals surface area contributed by atoms with E-state index >= 15 is 0 Å². The minimum atomic E-state index is -2.40. The number of benzene rings is 1. The van der Waals surface area contributed by atoms with Crippen LogP contribution in [0.3, 0.4) is 0 Å². The van der Waals surface area contributed by atoms with Crippen LogP contribution in [0.4, 0.5) is 14.5 Å². The number of nitrogens with zero attached hydrogens (tertiary/aromatic N) is 1. The minimum absolute atomic E-state index is 0.438. The largest absolute Gasteiger partial charge is 0.332 e. The maximum absolute atomic E-state index is 12.3. The molecule has 1 aliphatic heterocycles. The van der Waals surface area contributed by atoms with Gasteiger partial charge in [-0.2, -0.15) is 8.78 Å². The Balaban J connectivity index is 1.88. The predicted octanol–water partition coefficient (Wildman–Crippen LogP) is 4.47. The number of nitrogens with one attached hydrogen (secondary N) is 2. The van der Waals surface area contributed by atoms with Gasteiger partial charge in [-0.1, -0.05) is 18.2 Å². The van der Waals surface area contributed by atoms with E-state index < -0.39 is 5.76 Å². The van der Waals surface area contributed by atoms with E-state index in [1.54, 1.807) is 24.3 Å². The molecule has 2 rings (SSSR count). The standard InChI is InChI=1S/C15H21F2N3S2/c1-10-4-3-5-11(2)20(10)19-15(21)18-12-6-8-13(9-7-12)22-14(16)17/h6-11,14H,3-5H2,1-2H3,(H2,18,19,21)/t10-,11-/m0/s1. The summed E-state index contributed by atoms with van der Waals surface area (Å²) in [6.45, 7) is 4.36. The zero-order valence-electron chi connectivity index (χ0n) is 12.7. The van der Waals surface area contributed by atoms with Gasteiger partial charge in [-0.15, -0.1) is 0 Å². The average Bonchev–Trinajstić information content (AvgIpc) is 2.45. The molecule has 0 saturated carbocycles. The van der Waals surface area contributed by atoms with Crippen molar-refractivity contribution in [2.24, 2.45) is 0 Å². The molecular formula is C15H21F2N3S2. The summed E-state index contributed by atoms with van der Waals surface area (Å²) in [6.07, 6.45) is 3.54. The van der Waals surface area contributed by atoms with E-state index in [0.717, 1.165) is 18.5 Å². The van der Waals surface area contributed by atoms with Gasteiger partial charge in [-0.3, -0.25) is 5.43 Å². The van der Waals surface area contributed by atoms with Crippen LogP contribution in [-0.2, 0) is 0 Å². The number of hydrazine groups is 1. The molecular weight excluding hydrogens is 324 g/mol. The summed E-state index contributed by atoms with van der Waals surface area (Å²) in [7, 11) is 0. The van der Waals surface area contributed by atoms with E-state index in [0.29, 0.717) is 33.9 Å². The quantitative estimate of drug-likeness (QED) is 0.620. The Morgan fingerprint density at radius 3 is 2.36 bits per heavy atom. The van der Waals surface area contributed by atoms with Crippen LogP contribution in [0.25, 0.3) is 0 Å². The topological polar surface area (TPSA) is 27.3 Å². The predicted molar refractivity (Wildman–Crippen MR) is 92.3 cm³/mol. The number of thiocarbonyl (C=S) groups is 1. The Labute approximate surface area is 139 Å². The summed E-state index contributed by atoms with van der Waals surface area (Å²) in [6, 6.07) is 7.70. The van der Waals surface area contributed by atoms with Crippen molar-refractivity contribution in [3.05, 3.63) is 24.3 Å². The van der Waals surface area contributed by atoms with Crippen molar-refractivity contribution in [3.63, 3.8) is 0 Å². The Kier molecular flexibility index (Phi) is 6.40. The van der Waals surface area contributed by atoms with Gasteiger partial charge >= 0.3 is 0 Å². The lowest BCUT2D eigenvalue weighted by molar-refractivity contribution is 0.0750. The zero-order chi connectivity index (χ0) is 16.1. The lowest BCUT2D eigenvalue weighted by Gasteiger charge is -2.39. The lowest BCUT2D eigenvalue weighted by atomic mass is 10.00.